The zero-order chi connectivity index (χ0) is 35.2. The van der Waals surface area contributed by atoms with Crippen LogP contribution in [-0.4, -0.2) is 49.9 Å². The minimum absolute atomic E-state index is 0.0979. The van der Waals surface area contributed by atoms with Gasteiger partial charge in [-0.2, -0.15) is 0 Å². The lowest BCUT2D eigenvalue weighted by Gasteiger charge is -2.20. The Kier molecular flexibility index (Phi) is 35.6. The molecule has 0 aromatic carbocycles. The molecule has 0 fully saturated rings. The molecule has 0 bridgehead atoms. The number of phosphoric ester groups is 1. The van der Waals surface area contributed by atoms with Gasteiger partial charge in [0.2, 0.25) is 0 Å². The van der Waals surface area contributed by atoms with Crippen LogP contribution in [0.25, 0.3) is 0 Å². The van der Waals surface area contributed by atoms with Gasteiger partial charge in [-0.3, -0.25) is 13.8 Å². The van der Waals surface area contributed by atoms with Gasteiger partial charge >= 0.3 is 13.8 Å². The number of allylic oxidation sites excluding steroid dienone is 8. The summed E-state index contributed by atoms with van der Waals surface area (Å²) in [5, 5.41) is 0. The molecular formula is C39H72NO7P. The van der Waals surface area contributed by atoms with Gasteiger partial charge < -0.3 is 20.1 Å². The molecule has 0 saturated carbocycles. The molecule has 3 N–H and O–H groups in total. The molecule has 0 aromatic heterocycles. The lowest BCUT2D eigenvalue weighted by Crippen LogP contribution is -2.28. The Morgan fingerprint density at radius 2 is 1.17 bits per heavy atom. The maximum absolute atomic E-state index is 12.5. The fourth-order valence-corrected chi connectivity index (χ4v) is 5.75. The van der Waals surface area contributed by atoms with Crippen molar-refractivity contribution in [3.05, 3.63) is 48.6 Å². The van der Waals surface area contributed by atoms with E-state index in [-0.39, 0.29) is 32.3 Å². The molecule has 2 unspecified atom stereocenters. The summed E-state index contributed by atoms with van der Waals surface area (Å²) < 4.78 is 33.2. The maximum Gasteiger partial charge on any atom is 0.472 e. The maximum atomic E-state index is 12.5. The van der Waals surface area contributed by atoms with Crippen molar-refractivity contribution in [2.75, 3.05) is 33.0 Å². The predicted molar refractivity (Wildman–Crippen MR) is 201 cm³/mol. The second-order valence-electron chi connectivity index (χ2n) is 12.4. The van der Waals surface area contributed by atoms with Crippen molar-refractivity contribution in [3.63, 3.8) is 0 Å². The van der Waals surface area contributed by atoms with Crippen molar-refractivity contribution in [2.24, 2.45) is 5.73 Å². The van der Waals surface area contributed by atoms with Crippen molar-refractivity contribution < 1.29 is 32.8 Å². The number of nitrogens with two attached hydrogens (primary N) is 1. The van der Waals surface area contributed by atoms with Crippen LogP contribution in [0.3, 0.4) is 0 Å². The van der Waals surface area contributed by atoms with Crippen LogP contribution in [0.1, 0.15) is 155 Å². The van der Waals surface area contributed by atoms with Gasteiger partial charge in [-0.05, 0) is 51.4 Å². The van der Waals surface area contributed by atoms with E-state index >= 15 is 0 Å². The minimum atomic E-state index is -4.27. The molecule has 0 aliphatic carbocycles. The highest BCUT2D eigenvalue weighted by Crippen LogP contribution is 2.43. The standard InChI is InChI=1S/C39H72NO7P/c1-3-5-7-9-11-13-14-15-16-17-18-19-20-21-22-23-24-25-26-28-30-32-39(41)47-38(37-46-48(42,43)45-35-33-40)36-44-34-31-29-27-12-10-8-6-4-2/h5,7,11,13,15-16,18-19,38H,3-4,6,8-10,12,14,17,20-37,40H2,1-2H3,(H,42,43)/b7-5-,13-11-,16-15-,19-18-. The van der Waals surface area contributed by atoms with Gasteiger partial charge in [0, 0.05) is 19.6 Å². The number of esters is 1. The number of hydrogen-bond donors (Lipinski definition) is 2. The fourth-order valence-electron chi connectivity index (χ4n) is 4.99. The van der Waals surface area contributed by atoms with Gasteiger partial charge in [-0.15, -0.1) is 0 Å². The molecule has 0 aliphatic rings. The van der Waals surface area contributed by atoms with E-state index in [9.17, 15) is 14.3 Å². The molecule has 0 aromatic rings. The first-order chi connectivity index (χ1) is 23.4. The fraction of sp³-hybridized carbons (Fsp3) is 0.769. The predicted octanol–water partition coefficient (Wildman–Crippen LogP) is 10.9. The summed E-state index contributed by atoms with van der Waals surface area (Å²) >= 11 is 0. The van der Waals surface area contributed by atoms with Crippen molar-refractivity contribution in [1.82, 2.24) is 0 Å². The van der Waals surface area contributed by atoms with E-state index in [1.165, 1.54) is 70.6 Å². The average molecular weight is 698 g/mol. The van der Waals surface area contributed by atoms with Crippen molar-refractivity contribution >= 4 is 13.8 Å². The summed E-state index contributed by atoms with van der Waals surface area (Å²) in [6.45, 7) is 4.76. The monoisotopic (exact) mass is 698 g/mol. The Balaban J connectivity index is 4.01. The number of carbonyl (C=O) groups is 1. The van der Waals surface area contributed by atoms with Gasteiger partial charge in [-0.25, -0.2) is 4.57 Å². The molecule has 0 amide bonds. The van der Waals surface area contributed by atoms with E-state index in [4.69, 9.17) is 24.3 Å². The Morgan fingerprint density at radius 3 is 1.75 bits per heavy atom. The van der Waals surface area contributed by atoms with Crippen LogP contribution in [-0.2, 0) is 27.9 Å². The number of rotatable bonds is 36. The highest BCUT2D eigenvalue weighted by Gasteiger charge is 2.25. The van der Waals surface area contributed by atoms with E-state index in [0.717, 1.165) is 64.2 Å². The Labute approximate surface area is 294 Å². The van der Waals surface area contributed by atoms with Crippen LogP contribution in [0, 0.1) is 0 Å². The molecule has 0 saturated heterocycles. The Bertz CT molecular complexity index is 874. The summed E-state index contributed by atoms with van der Waals surface area (Å²) in [7, 11) is -4.27. The molecule has 0 heterocycles. The van der Waals surface area contributed by atoms with Crippen LogP contribution in [0.15, 0.2) is 48.6 Å². The van der Waals surface area contributed by atoms with E-state index in [1.54, 1.807) is 0 Å². The molecule has 280 valence electrons. The lowest BCUT2D eigenvalue weighted by atomic mass is 10.1. The zero-order valence-electron chi connectivity index (χ0n) is 30.7. The average Bonchev–Trinajstić information content (AvgIpc) is 3.07. The number of phosphoric acid groups is 1. The normalized spacial score (nSPS) is 14.2. The summed E-state index contributed by atoms with van der Waals surface area (Å²) in [6, 6.07) is 0. The Morgan fingerprint density at radius 1 is 0.646 bits per heavy atom. The lowest BCUT2D eigenvalue weighted by molar-refractivity contribution is -0.154. The van der Waals surface area contributed by atoms with Gasteiger partial charge in [-0.1, -0.05) is 146 Å². The van der Waals surface area contributed by atoms with Crippen molar-refractivity contribution in [2.45, 2.75) is 161 Å². The number of hydrogen-bond acceptors (Lipinski definition) is 7. The number of ether oxygens (including phenoxy) is 2. The molecule has 8 nitrogen and oxygen atoms in total. The third-order valence-electron chi connectivity index (χ3n) is 7.76. The number of unbranched alkanes of at least 4 members (excludes halogenated alkanes) is 15. The van der Waals surface area contributed by atoms with E-state index in [2.05, 4.69) is 62.5 Å². The highest BCUT2D eigenvalue weighted by atomic mass is 31.2. The van der Waals surface area contributed by atoms with Gasteiger partial charge in [0.1, 0.15) is 6.10 Å². The molecule has 2 atom stereocenters. The molecule has 0 rings (SSSR count). The third kappa shape index (κ3) is 35.8. The first-order valence-corrected chi connectivity index (χ1v) is 20.6. The van der Waals surface area contributed by atoms with Gasteiger partial charge in [0.25, 0.3) is 0 Å². The smallest absolute Gasteiger partial charge is 0.457 e. The minimum Gasteiger partial charge on any atom is -0.457 e. The summed E-state index contributed by atoms with van der Waals surface area (Å²) in [5.74, 6) is -0.342. The SMILES string of the molecule is CC/C=C\C/C=C\C/C=C\C/C=C\CCCCCCCCCCC(=O)OC(COCCCCCCCCCC)COP(=O)(O)OCCN. The molecule has 48 heavy (non-hydrogen) atoms. The third-order valence-corrected chi connectivity index (χ3v) is 8.74. The topological polar surface area (TPSA) is 117 Å². The highest BCUT2D eigenvalue weighted by molar-refractivity contribution is 7.47. The first kappa shape index (κ1) is 46.5. The van der Waals surface area contributed by atoms with E-state index in [1.807, 2.05) is 0 Å². The number of carbonyl (C=O) groups excluding carboxylic acids is 1. The van der Waals surface area contributed by atoms with Crippen LogP contribution in [0.5, 0.6) is 0 Å². The van der Waals surface area contributed by atoms with Gasteiger partial charge in [0.05, 0.1) is 19.8 Å². The second-order valence-corrected chi connectivity index (χ2v) is 13.9. The Hall–Kier alpha value is -1.54. The first-order valence-electron chi connectivity index (χ1n) is 19.1. The van der Waals surface area contributed by atoms with Crippen LogP contribution in [0.2, 0.25) is 0 Å². The largest absolute Gasteiger partial charge is 0.472 e. The van der Waals surface area contributed by atoms with Crippen LogP contribution in [0.4, 0.5) is 0 Å². The molecule has 0 radical (unpaired) electrons. The quantitative estimate of drug-likeness (QED) is 0.0287. The second kappa shape index (κ2) is 36.7. The summed E-state index contributed by atoms with van der Waals surface area (Å²) in [6.07, 6.45) is 41.3. The van der Waals surface area contributed by atoms with E-state index < -0.39 is 13.9 Å². The summed E-state index contributed by atoms with van der Waals surface area (Å²) in [4.78, 5) is 22.3. The summed E-state index contributed by atoms with van der Waals surface area (Å²) in [5.41, 5.74) is 5.34. The zero-order valence-corrected chi connectivity index (χ0v) is 31.6. The van der Waals surface area contributed by atoms with E-state index in [0.29, 0.717) is 13.0 Å². The van der Waals surface area contributed by atoms with Gasteiger partial charge in [0.15, 0.2) is 0 Å². The molecule has 0 aliphatic heterocycles. The van der Waals surface area contributed by atoms with Crippen molar-refractivity contribution in [3.8, 4) is 0 Å². The van der Waals surface area contributed by atoms with Crippen molar-refractivity contribution in [1.29, 1.82) is 0 Å². The molecular weight excluding hydrogens is 625 g/mol. The van der Waals surface area contributed by atoms with Crippen LogP contribution < -0.4 is 5.73 Å². The molecule has 0 spiro atoms. The van der Waals surface area contributed by atoms with Crippen LogP contribution >= 0.6 is 7.82 Å². The molecule has 9 heteroatoms.